The number of aryl methyl sites for hydroxylation is 1. The zero-order valence-electron chi connectivity index (χ0n) is 11.7. The molecule has 0 saturated carbocycles. The fourth-order valence-electron chi connectivity index (χ4n) is 2.09. The lowest BCUT2D eigenvalue weighted by Gasteiger charge is -2.14. The first-order valence-corrected chi connectivity index (χ1v) is 6.52. The number of aromatic nitrogens is 1. The van der Waals surface area contributed by atoms with E-state index in [-0.39, 0.29) is 18.4 Å². The van der Waals surface area contributed by atoms with E-state index in [0.29, 0.717) is 6.54 Å². The number of nitrogens with zero attached hydrogens (tertiary/aromatic N) is 1. The van der Waals surface area contributed by atoms with Crippen molar-refractivity contribution >= 4 is 22.5 Å². The number of rotatable bonds is 5. The molecule has 2 rings (SSSR count). The highest BCUT2D eigenvalue weighted by atomic mass is 16.5. The minimum Gasteiger partial charge on any atom is -0.380 e. The number of carbonyl (C=O) groups is 1. The Morgan fingerprint density at radius 3 is 2.95 bits per heavy atom. The van der Waals surface area contributed by atoms with Gasteiger partial charge in [-0.3, -0.25) is 9.78 Å². The first kappa shape index (κ1) is 14.4. The van der Waals surface area contributed by atoms with Crippen molar-refractivity contribution in [2.24, 2.45) is 5.73 Å². The van der Waals surface area contributed by atoms with E-state index >= 15 is 0 Å². The van der Waals surface area contributed by atoms with Gasteiger partial charge in [-0.1, -0.05) is 6.07 Å². The molecule has 5 heteroatoms. The number of nitrogens with two attached hydrogens (primary N) is 1. The number of nitrogens with one attached hydrogen (secondary N) is 1. The minimum atomic E-state index is -0.259. The lowest BCUT2D eigenvalue weighted by atomic mass is 10.1. The lowest BCUT2D eigenvalue weighted by molar-refractivity contribution is -0.118. The predicted molar refractivity (Wildman–Crippen MR) is 79.6 cm³/mol. The maximum absolute atomic E-state index is 12.0. The van der Waals surface area contributed by atoms with E-state index in [0.717, 1.165) is 22.2 Å². The van der Waals surface area contributed by atoms with Crippen molar-refractivity contribution in [2.45, 2.75) is 19.4 Å². The van der Waals surface area contributed by atoms with E-state index in [2.05, 4.69) is 10.3 Å². The van der Waals surface area contributed by atoms with Crippen LogP contribution in [-0.2, 0) is 9.53 Å². The summed E-state index contributed by atoms with van der Waals surface area (Å²) in [5, 5.41) is 3.83. The summed E-state index contributed by atoms with van der Waals surface area (Å²) in [5.74, 6) is -0.115. The number of benzene rings is 1. The summed E-state index contributed by atoms with van der Waals surface area (Å²) in [6.45, 7) is 2.32. The number of anilines is 1. The van der Waals surface area contributed by atoms with Gasteiger partial charge in [-0.25, -0.2) is 0 Å². The van der Waals surface area contributed by atoms with Gasteiger partial charge in [0.15, 0.2) is 0 Å². The third kappa shape index (κ3) is 3.12. The van der Waals surface area contributed by atoms with Crippen molar-refractivity contribution in [1.82, 2.24) is 4.98 Å². The molecule has 0 radical (unpaired) electrons. The van der Waals surface area contributed by atoms with Crippen LogP contribution >= 0.6 is 0 Å². The Labute approximate surface area is 118 Å². The van der Waals surface area contributed by atoms with Crippen LogP contribution in [0.2, 0.25) is 0 Å². The summed E-state index contributed by atoms with van der Waals surface area (Å²) in [7, 11) is 1.55. The first-order valence-electron chi connectivity index (χ1n) is 6.52. The van der Waals surface area contributed by atoms with E-state index in [1.54, 1.807) is 13.3 Å². The van der Waals surface area contributed by atoms with Gasteiger partial charge >= 0.3 is 0 Å². The van der Waals surface area contributed by atoms with Crippen LogP contribution in [0.1, 0.15) is 12.0 Å². The van der Waals surface area contributed by atoms with Crippen molar-refractivity contribution in [3.63, 3.8) is 0 Å². The van der Waals surface area contributed by atoms with Gasteiger partial charge < -0.3 is 15.8 Å². The van der Waals surface area contributed by atoms with E-state index in [4.69, 9.17) is 10.5 Å². The Morgan fingerprint density at radius 1 is 1.45 bits per heavy atom. The molecular weight excluding hydrogens is 254 g/mol. The fraction of sp³-hybridized carbons (Fsp3) is 0.333. The molecule has 1 aromatic heterocycles. The topological polar surface area (TPSA) is 77.2 Å². The van der Waals surface area contributed by atoms with Crippen LogP contribution in [0.4, 0.5) is 5.69 Å². The maximum Gasteiger partial charge on any atom is 0.227 e. The number of ether oxygens (including phenoxy) is 1. The Balaban J connectivity index is 2.22. The quantitative estimate of drug-likeness (QED) is 0.871. The third-order valence-electron chi connectivity index (χ3n) is 3.25. The SMILES string of the molecule is COC(CN)CC(=O)Nc1ccc(C)c2ncccc12. The van der Waals surface area contributed by atoms with Crippen molar-refractivity contribution < 1.29 is 9.53 Å². The smallest absolute Gasteiger partial charge is 0.227 e. The van der Waals surface area contributed by atoms with Crippen LogP contribution in [0.5, 0.6) is 0 Å². The van der Waals surface area contributed by atoms with Gasteiger partial charge in [0.25, 0.3) is 0 Å². The van der Waals surface area contributed by atoms with Gasteiger partial charge in [-0.05, 0) is 30.7 Å². The third-order valence-corrected chi connectivity index (χ3v) is 3.25. The molecule has 1 heterocycles. The average molecular weight is 273 g/mol. The van der Waals surface area contributed by atoms with Crippen molar-refractivity contribution in [2.75, 3.05) is 19.0 Å². The Morgan fingerprint density at radius 2 is 2.25 bits per heavy atom. The lowest BCUT2D eigenvalue weighted by Crippen LogP contribution is -2.28. The molecule has 3 N–H and O–H groups in total. The second-order valence-electron chi connectivity index (χ2n) is 4.68. The molecule has 0 spiro atoms. The fourth-order valence-corrected chi connectivity index (χ4v) is 2.09. The molecule has 0 fully saturated rings. The summed E-state index contributed by atoms with van der Waals surface area (Å²) in [5.41, 5.74) is 8.25. The summed E-state index contributed by atoms with van der Waals surface area (Å²) in [6, 6.07) is 7.64. The van der Waals surface area contributed by atoms with E-state index in [9.17, 15) is 4.79 Å². The summed E-state index contributed by atoms with van der Waals surface area (Å²) in [6.07, 6.45) is 1.73. The van der Waals surface area contributed by atoms with Crippen LogP contribution < -0.4 is 11.1 Å². The molecule has 106 valence electrons. The molecule has 0 aliphatic carbocycles. The molecule has 5 nitrogen and oxygen atoms in total. The summed E-state index contributed by atoms with van der Waals surface area (Å²) >= 11 is 0. The van der Waals surface area contributed by atoms with Gasteiger partial charge in [0.1, 0.15) is 0 Å². The average Bonchev–Trinajstić information content (AvgIpc) is 2.48. The monoisotopic (exact) mass is 273 g/mol. The van der Waals surface area contributed by atoms with Crippen LogP contribution in [0, 0.1) is 6.92 Å². The minimum absolute atomic E-state index is 0.115. The number of amides is 1. The highest BCUT2D eigenvalue weighted by molar-refractivity contribution is 6.01. The number of carbonyl (C=O) groups excluding carboxylic acids is 1. The number of hydrogen-bond acceptors (Lipinski definition) is 4. The molecule has 20 heavy (non-hydrogen) atoms. The molecule has 0 saturated heterocycles. The van der Waals surface area contributed by atoms with Crippen LogP contribution in [0.15, 0.2) is 30.5 Å². The Bertz CT molecular complexity index is 609. The zero-order valence-corrected chi connectivity index (χ0v) is 11.7. The highest BCUT2D eigenvalue weighted by Gasteiger charge is 2.13. The largest absolute Gasteiger partial charge is 0.380 e. The van der Waals surface area contributed by atoms with Crippen molar-refractivity contribution in [3.8, 4) is 0 Å². The Kier molecular flexibility index (Phi) is 4.65. The van der Waals surface area contributed by atoms with Gasteiger partial charge in [0, 0.05) is 25.2 Å². The van der Waals surface area contributed by atoms with E-state index in [1.165, 1.54) is 0 Å². The highest BCUT2D eigenvalue weighted by Crippen LogP contribution is 2.24. The Hall–Kier alpha value is -1.98. The molecule has 2 aromatic rings. The zero-order chi connectivity index (χ0) is 14.5. The molecule has 1 amide bonds. The van der Waals surface area contributed by atoms with Crippen LogP contribution in [0.25, 0.3) is 10.9 Å². The molecular formula is C15H19N3O2. The molecule has 0 aliphatic heterocycles. The number of pyridine rings is 1. The molecule has 1 unspecified atom stereocenters. The van der Waals surface area contributed by atoms with E-state index < -0.39 is 0 Å². The standard InChI is InChI=1S/C15H19N3O2/c1-10-5-6-13(12-4-3-7-17-15(10)12)18-14(19)8-11(9-16)20-2/h3-7,11H,8-9,16H2,1-2H3,(H,18,19). The van der Waals surface area contributed by atoms with E-state index in [1.807, 2.05) is 31.2 Å². The van der Waals surface area contributed by atoms with Gasteiger partial charge in [-0.15, -0.1) is 0 Å². The van der Waals surface area contributed by atoms with Gasteiger partial charge in [-0.2, -0.15) is 0 Å². The van der Waals surface area contributed by atoms with Crippen LogP contribution in [-0.4, -0.2) is 30.6 Å². The van der Waals surface area contributed by atoms with Crippen LogP contribution in [0.3, 0.4) is 0 Å². The maximum atomic E-state index is 12.0. The normalized spacial score (nSPS) is 12.3. The van der Waals surface area contributed by atoms with Crippen molar-refractivity contribution in [1.29, 1.82) is 0 Å². The first-order chi connectivity index (χ1) is 9.65. The number of hydrogen-bond donors (Lipinski definition) is 2. The molecule has 1 aromatic carbocycles. The van der Waals surface area contributed by atoms with Gasteiger partial charge in [0.05, 0.1) is 23.7 Å². The number of fused-ring (bicyclic) bond motifs is 1. The summed E-state index contributed by atoms with van der Waals surface area (Å²) < 4.78 is 5.12. The second kappa shape index (κ2) is 6.45. The molecule has 1 atom stereocenters. The number of methoxy groups -OCH3 is 1. The molecule has 0 aliphatic rings. The molecule has 0 bridgehead atoms. The van der Waals surface area contributed by atoms with Gasteiger partial charge in [0.2, 0.25) is 5.91 Å². The second-order valence-corrected chi connectivity index (χ2v) is 4.68. The summed E-state index contributed by atoms with van der Waals surface area (Å²) in [4.78, 5) is 16.3. The van der Waals surface area contributed by atoms with Crippen molar-refractivity contribution in [3.05, 3.63) is 36.0 Å². The predicted octanol–water partition coefficient (Wildman–Crippen LogP) is 1.85.